The predicted molar refractivity (Wildman–Crippen MR) is 99.1 cm³/mol. The number of nitrogens with zero attached hydrogens (tertiary/aromatic N) is 2. The summed E-state index contributed by atoms with van der Waals surface area (Å²) in [4.78, 5) is 5.39. The molecular formula is C15H28N4O3S2. The Bertz CT molecular complexity index is 651. The van der Waals surface area contributed by atoms with Crippen LogP contribution in [0, 0.1) is 0 Å². The van der Waals surface area contributed by atoms with Crippen LogP contribution in [0.5, 0.6) is 0 Å². The molecule has 9 heteroatoms. The molecule has 0 aliphatic carbocycles. The molecule has 0 spiro atoms. The Hall–Kier alpha value is -1.16. The van der Waals surface area contributed by atoms with Crippen molar-refractivity contribution >= 4 is 27.3 Å². The summed E-state index contributed by atoms with van der Waals surface area (Å²) in [6.45, 7) is 7.73. The van der Waals surface area contributed by atoms with Gasteiger partial charge in [0.2, 0.25) is 0 Å². The Morgan fingerprint density at radius 3 is 2.54 bits per heavy atom. The van der Waals surface area contributed by atoms with Crippen LogP contribution in [0.3, 0.4) is 0 Å². The number of ether oxygens (including phenoxy) is 1. The summed E-state index contributed by atoms with van der Waals surface area (Å²) in [7, 11) is 1.34. The zero-order valence-electron chi connectivity index (χ0n) is 15.2. The van der Waals surface area contributed by atoms with Crippen molar-refractivity contribution in [3.05, 3.63) is 17.0 Å². The van der Waals surface area contributed by atoms with E-state index < -0.39 is 10.0 Å². The van der Waals surface area contributed by atoms with Gasteiger partial charge in [0.15, 0.2) is 5.96 Å². The zero-order chi connectivity index (χ0) is 18.4. The minimum Gasteiger partial charge on any atom is -0.377 e. The Balaban J connectivity index is 2.79. The molecule has 24 heavy (non-hydrogen) atoms. The molecular weight excluding hydrogens is 348 g/mol. The van der Waals surface area contributed by atoms with Gasteiger partial charge in [0.25, 0.3) is 10.0 Å². The van der Waals surface area contributed by atoms with Crippen molar-refractivity contribution in [1.82, 2.24) is 14.9 Å². The first kappa shape index (κ1) is 20.9. The van der Waals surface area contributed by atoms with Crippen LogP contribution in [0.4, 0.5) is 0 Å². The highest BCUT2D eigenvalue weighted by Crippen LogP contribution is 2.24. The minimum absolute atomic E-state index is 0.300. The Morgan fingerprint density at radius 2 is 2.00 bits per heavy atom. The molecule has 138 valence electrons. The lowest BCUT2D eigenvalue weighted by atomic mass is 10.1. The van der Waals surface area contributed by atoms with E-state index in [4.69, 9.17) is 4.74 Å². The molecule has 0 fully saturated rings. The van der Waals surface area contributed by atoms with Gasteiger partial charge in [-0.05, 0) is 32.9 Å². The standard InChI is InChI=1S/C15H28N4O3S2/c1-7-16-14(18-11-15(2,3)22-6)17-10-12-8-9-13(23-12)24(20,21)19(4)5/h8-9H,7,10-11H2,1-6H3,(H2,16,17,18). The third kappa shape index (κ3) is 6.04. The fourth-order valence-electron chi connectivity index (χ4n) is 1.63. The molecule has 0 radical (unpaired) electrons. The van der Waals surface area contributed by atoms with Gasteiger partial charge in [-0.15, -0.1) is 11.3 Å². The van der Waals surface area contributed by atoms with Gasteiger partial charge in [-0.1, -0.05) is 0 Å². The summed E-state index contributed by atoms with van der Waals surface area (Å²) in [5.74, 6) is 0.674. The number of rotatable bonds is 8. The van der Waals surface area contributed by atoms with Gasteiger partial charge in [0.1, 0.15) is 4.21 Å². The van der Waals surface area contributed by atoms with Crippen molar-refractivity contribution in [2.75, 3.05) is 34.3 Å². The number of sulfonamides is 1. The van der Waals surface area contributed by atoms with Crippen molar-refractivity contribution < 1.29 is 13.2 Å². The van der Waals surface area contributed by atoms with Crippen LogP contribution >= 0.6 is 11.3 Å². The highest BCUT2D eigenvalue weighted by Gasteiger charge is 2.19. The number of nitrogens with one attached hydrogen (secondary N) is 2. The van der Waals surface area contributed by atoms with E-state index in [9.17, 15) is 8.42 Å². The quantitative estimate of drug-likeness (QED) is 0.530. The first-order chi connectivity index (χ1) is 11.1. The number of hydrogen-bond donors (Lipinski definition) is 2. The number of guanidine groups is 1. The predicted octanol–water partition coefficient (Wildman–Crippen LogP) is 1.48. The van der Waals surface area contributed by atoms with E-state index in [-0.39, 0.29) is 5.60 Å². The lowest BCUT2D eigenvalue weighted by Gasteiger charge is -2.24. The maximum atomic E-state index is 12.1. The Morgan fingerprint density at radius 1 is 1.33 bits per heavy atom. The van der Waals surface area contributed by atoms with Crippen LogP contribution in [0.2, 0.25) is 0 Å². The highest BCUT2D eigenvalue weighted by molar-refractivity contribution is 7.91. The Labute approximate surface area is 149 Å². The van der Waals surface area contributed by atoms with Crippen molar-refractivity contribution in [3.63, 3.8) is 0 Å². The first-order valence-corrected chi connectivity index (χ1v) is 9.96. The van der Waals surface area contributed by atoms with Gasteiger partial charge >= 0.3 is 0 Å². The number of thiophene rings is 1. The normalized spacial score (nSPS) is 13.4. The fraction of sp³-hybridized carbons (Fsp3) is 0.667. The molecule has 0 aliphatic heterocycles. The second-order valence-electron chi connectivity index (χ2n) is 6.02. The molecule has 1 rings (SSSR count). The van der Waals surface area contributed by atoms with Crippen LogP contribution in [0.1, 0.15) is 25.6 Å². The van der Waals surface area contributed by atoms with Crippen LogP contribution in [-0.4, -0.2) is 58.6 Å². The summed E-state index contributed by atoms with van der Waals surface area (Å²) in [6.07, 6.45) is 0. The van der Waals surface area contributed by atoms with Crippen molar-refractivity contribution in [1.29, 1.82) is 0 Å². The topological polar surface area (TPSA) is 83.0 Å². The monoisotopic (exact) mass is 376 g/mol. The average molecular weight is 377 g/mol. The molecule has 0 unspecified atom stereocenters. The third-order valence-electron chi connectivity index (χ3n) is 3.34. The van der Waals surface area contributed by atoms with Crippen LogP contribution in [0.15, 0.2) is 21.3 Å². The lowest BCUT2D eigenvalue weighted by molar-refractivity contribution is 0.0268. The Kier molecular flexibility index (Phi) is 7.65. The van der Waals surface area contributed by atoms with Crippen LogP contribution in [-0.2, 0) is 21.3 Å². The van der Waals surface area contributed by atoms with Crippen molar-refractivity contribution in [2.45, 2.75) is 37.1 Å². The smallest absolute Gasteiger partial charge is 0.252 e. The van der Waals surface area contributed by atoms with Gasteiger partial charge < -0.3 is 15.4 Å². The largest absolute Gasteiger partial charge is 0.377 e. The maximum absolute atomic E-state index is 12.1. The summed E-state index contributed by atoms with van der Waals surface area (Å²) in [5, 5.41) is 6.40. The molecule has 0 saturated carbocycles. The zero-order valence-corrected chi connectivity index (χ0v) is 16.8. The first-order valence-electron chi connectivity index (χ1n) is 7.71. The summed E-state index contributed by atoms with van der Waals surface area (Å²) < 4.78 is 31.1. The molecule has 0 atom stereocenters. The molecule has 1 aromatic rings. The van der Waals surface area contributed by atoms with Gasteiger partial charge in [-0.25, -0.2) is 17.7 Å². The second-order valence-corrected chi connectivity index (χ2v) is 9.57. The third-order valence-corrected chi connectivity index (χ3v) is 6.70. The summed E-state index contributed by atoms with van der Waals surface area (Å²) in [6, 6.07) is 3.42. The van der Waals surface area contributed by atoms with E-state index in [0.717, 1.165) is 11.4 Å². The maximum Gasteiger partial charge on any atom is 0.252 e. The van der Waals surface area contributed by atoms with E-state index in [1.165, 1.54) is 29.7 Å². The van der Waals surface area contributed by atoms with Gasteiger partial charge in [0.05, 0.1) is 12.1 Å². The molecule has 1 heterocycles. The summed E-state index contributed by atoms with van der Waals surface area (Å²) >= 11 is 1.24. The highest BCUT2D eigenvalue weighted by atomic mass is 32.2. The fourth-order valence-corrected chi connectivity index (χ4v) is 4.08. The molecule has 0 aliphatic rings. The van der Waals surface area contributed by atoms with E-state index >= 15 is 0 Å². The van der Waals surface area contributed by atoms with Gasteiger partial charge in [0, 0.05) is 39.2 Å². The molecule has 0 aromatic carbocycles. The van der Waals surface area contributed by atoms with E-state index in [2.05, 4.69) is 15.6 Å². The number of methoxy groups -OCH3 is 1. The summed E-state index contributed by atoms with van der Waals surface area (Å²) in [5.41, 5.74) is -0.300. The van der Waals surface area contributed by atoms with E-state index in [0.29, 0.717) is 23.3 Å². The molecule has 7 nitrogen and oxygen atoms in total. The van der Waals surface area contributed by atoms with Crippen LogP contribution in [0.25, 0.3) is 0 Å². The average Bonchev–Trinajstić information content (AvgIpc) is 2.99. The lowest BCUT2D eigenvalue weighted by Crippen LogP contribution is -2.45. The van der Waals surface area contributed by atoms with E-state index in [1.807, 2.05) is 20.8 Å². The number of aliphatic imine (C=N–C) groups is 1. The SMILES string of the molecule is CCNC(=NCc1ccc(S(=O)(=O)N(C)C)s1)NCC(C)(C)OC. The molecule has 2 N–H and O–H groups in total. The van der Waals surface area contributed by atoms with E-state index in [1.54, 1.807) is 19.2 Å². The minimum atomic E-state index is -3.38. The molecule has 0 bridgehead atoms. The molecule has 0 saturated heterocycles. The van der Waals surface area contributed by atoms with Crippen molar-refractivity contribution in [2.24, 2.45) is 4.99 Å². The second kappa shape index (κ2) is 8.80. The number of hydrogen-bond acceptors (Lipinski definition) is 5. The van der Waals surface area contributed by atoms with Gasteiger partial charge in [-0.2, -0.15) is 0 Å². The van der Waals surface area contributed by atoms with Gasteiger partial charge in [-0.3, -0.25) is 0 Å². The molecule has 0 amide bonds. The molecule has 1 aromatic heterocycles. The van der Waals surface area contributed by atoms with Crippen LogP contribution < -0.4 is 10.6 Å². The van der Waals surface area contributed by atoms with Crippen molar-refractivity contribution in [3.8, 4) is 0 Å².